The average Bonchev–Trinajstić information content (AvgIpc) is 2.20. The quantitative estimate of drug-likeness (QED) is 0.142. The molecule has 0 fully saturated rings. The number of hydrogen-bond donors (Lipinski definition) is 0. The third kappa shape index (κ3) is 8.63. The van der Waals surface area contributed by atoms with Crippen molar-refractivity contribution < 1.29 is 20.1 Å². The maximum atomic E-state index is 4.70. The van der Waals surface area contributed by atoms with Crippen LogP contribution in [0.25, 0.3) is 122 Å². The number of hydrogen-bond acceptors (Lipinski definition) is 2. The Morgan fingerprint density at radius 1 is 0.378 bits per heavy atom. The zero-order chi connectivity index (χ0) is 54.0. The van der Waals surface area contributed by atoms with Gasteiger partial charge in [-0.2, -0.15) is 0 Å². The summed E-state index contributed by atoms with van der Waals surface area (Å²) in [6.07, 6.45) is 5.52. The smallest absolute Gasteiger partial charge is 0.0491 e. The Morgan fingerprint density at radius 2 is 0.805 bits per heavy atom. The number of benzene rings is 10. The van der Waals surface area contributed by atoms with Crippen LogP contribution in [-0.2, 0) is 51.5 Å². The summed E-state index contributed by atoms with van der Waals surface area (Å²) in [5, 5.41) is 5.25. The van der Waals surface area contributed by atoms with E-state index in [1.54, 1.807) is 6.20 Å². The topological polar surface area (TPSA) is 35.6 Å². The van der Waals surface area contributed by atoms with Crippen LogP contribution < -0.4 is 0 Å². The molecule has 395 valence electrons. The SMILES string of the molecule is CCn1c2ccccc2c2cc(-c3ccc(-c4ccc5c(c4)C4(Cc6c[c-]c(-c7ccccn7)cc6C4)c4cc(-c6ccc(-c7ccc8c(c7)c7ccccc7n8CC)cc6)ccc4-5)cc3)ccc21.[Ir].[c-]1ccccc1-c1ccccn1. The number of rotatable bonds is 8. The van der Waals surface area contributed by atoms with Crippen molar-refractivity contribution in [2.45, 2.75) is 45.2 Å². The molecule has 14 aromatic rings. The second-order valence-corrected chi connectivity index (χ2v) is 21.7. The Balaban J connectivity index is 0.000000411. The molecule has 82 heavy (non-hydrogen) atoms. The maximum Gasteiger partial charge on any atom is 0.0491 e. The van der Waals surface area contributed by atoms with Crippen molar-refractivity contribution >= 4 is 43.6 Å². The van der Waals surface area contributed by atoms with Crippen LogP contribution >= 0.6 is 0 Å². The van der Waals surface area contributed by atoms with Crippen LogP contribution in [0.4, 0.5) is 0 Å². The van der Waals surface area contributed by atoms with Gasteiger partial charge in [0.15, 0.2) is 0 Å². The predicted octanol–water partition coefficient (Wildman–Crippen LogP) is 19.1. The summed E-state index contributed by atoms with van der Waals surface area (Å²) in [5.41, 5.74) is 27.2. The van der Waals surface area contributed by atoms with E-state index in [1.807, 2.05) is 54.7 Å². The largest absolute Gasteiger partial charge is 0.341 e. The minimum atomic E-state index is -0.213. The van der Waals surface area contributed by atoms with E-state index in [-0.39, 0.29) is 25.5 Å². The molecule has 0 saturated heterocycles. The van der Waals surface area contributed by atoms with Crippen molar-refractivity contribution in [3.63, 3.8) is 0 Å². The summed E-state index contributed by atoms with van der Waals surface area (Å²) in [6, 6.07) is 95.6. The number of aromatic nitrogens is 4. The second kappa shape index (κ2) is 21.0. The minimum absolute atomic E-state index is 0. The molecule has 2 aliphatic rings. The molecule has 10 aromatic carbocycles. The van der Waals surface area contributed by atoms with Gasteiger partial charge in [0.1, 0.15) is 0 Å². The maximum absolute atomic E-state index is 4.70. The molecule has 0 bridgehead atoms. The van der Waals surface area contributed by atoms with Crippen LogP contribution in [0.2, 0.25) is 0 Å². The third-order valence-electron chi connectivity index (χ3n) is 17.3. The van der Waals surface area contributed by atoms with E-state index in [0.717, 1.165) is 48.4 Å². The van der Waals surface area contributed by atoms with Crippen molar-refractivity contribution in [3.8, 4) is 78.1 Å². The van der Waals surface area contributed by atoms with Crippen LogP contribution in [-0.4, -0.2) is 19.1 Å². The molecule has 4 aromatic heterocycles. The normalized spacial score (nSPS) is 12.8. The Labute approximate surface area is 492 Å². The molecule has 16 rings (SSSR count). The Kier molecular flexibility index (Phi) is 13.0. The number of pyridine rings is 2. The summed E-state index contributed by atoms with van der Waals surface area (Å²) < 4.78 is 4.84. The van der Waals surface area contributed by atoms with Gasteiger partial charge < -0.3 is 19.1 Å². The summed E-state index contributed by atoms with van der Waals surface area (Å²) in [5.74, 6) is 0. The van der Waals surface area contributed by atoms with E-state index in [0.29, 0.717) is 0 Å². The van der Waals surface area contributed by atoms with Crippen LogP contribution in [0, 0.1) is 12.1 Å². The minimum Gasteiger partial charge on any atom is -0.341 e. The van der Waals surface area contributed by atoms with Crippen molar-refractivity contribution in [2.75, 3.05) is 0 Å². The summed E-state index contributed by atoms with van der Waals surface area (Å²) >= 11 is 0. The van der Waals surface area contributed by atoms with Gasteiger partial charge in [0, 0.05) is 94.6 Å². The molecular formula is C77H56IrN4-2. The van der Waals surface area contributed by atoms with Crippen molar-refractivity contribution in [1.29, 1.82) is 0 Å². The van der Waals surface area contributed by atoms with Gasteiger partial charge in [0.2, 0.25) is 0 Å². The van der Waals surface area contributed by atoms with E-state index < -0.39 is 0 Å². The van der Waals surface area contributed by atoms with Gasteiger partial charge in [-0.1, -0.05) is 146 Å². The number of aryl methyl sites for hydroxylation is 2. The predicted molar refractivity (Wildman–Crippen MR) is 336 cm³/mol. The first kappa shape index (κ1) is 50.9. The van der Waals surface area contributed by atoms with Crippen LogP contribution in [0.1, 0.15) is 36.1 Å². The molecule has 0 unspecified atom stereocenters. The Morgan fingerprint density at radius 3 is 1.28 bits per heavy atom. The van der Waals surface area contributed by atoms with Gasteiger partial charge in [-0.05, 0) is 166 Å². The summed E-state index contributed by atoms with van der Waals surface area (Å²) in [7, 11) is 0. The van der Waals surface area contributed by atoms with Gasteiger partial charge in [0.05, 0.1) is 0 Å². The number of para-hydroxylation sites is 2. The fourth-order valence-corrected chi connectivity index (χ4v) is 13.4. The van der Waals surface area contributed by atoms with Gasteiger partial charge in [0.25, 0.3) is 0 Å². The fraction of sp³-hybridized carbons (Fsp3) is 0.0909. The molecule has 0 saturated carbocycles. The van der Waals surface area contributed by atoms with E-state index in [2.05, 4.69) is 234 Å². The molecule has 0 N–H and O–H groups in total. The average molecular weight is 1230 g/mol. The monoisotopic (exact) mass is 1230 g/mol. The van der Waals surface area contributed by atoms with Gasteiger partial charge in [-0.25, -0.2) is 0 Å². The summed E-state index contributed by atoms with van der Waals surface area (Å²) in [6.45, 7) is 6.35. The third-order valence-corrected chi connectivity index (χ3v) is 17.3. The zero-order valence-corrected chi connectivity index (χ0v) is 48.1. The first-order valence-corrected chi connectivity index (χ1v) is 28.4. The number of fused-ring (bicyclic) bond motifs is 12. The molecule has 0 aliphatic heterocycles. The van der Waals surface area contributed by atoms with Crippen molar-refractivity contribution in [2.24, 2.45) is 0 Å². The molecule has 1 radical (unpaired) electrons. The molecule has 4 nitrogen and oxygen atoms in total. The van der Waals surface area contributed by atoms with Crippen LogP contribution in [0.3, 0.4) is 0 Å². The summed E-state index contributed by atoms with van der Waals surface area (Å²) in [4.78, 5) is 8.92. The molecule has 0 amide bonds. The zero-order valence-electron chi connectivity index (χ0n) is 45.7. The van der Waals surface area contributed by atoms with E-state index in [9.17, 15) is 0 Å². The van der Waals surface area contributed by atoms with E-state index >= 15 is 0 Å². The standard InChI is InChI=1S/C66H48N3.C11H8N.Ir/c1-3-68-62-14-7-5-11-55(62)57-36-46(28-32-64(57)68)42-16-20-44(21-17-42)48-26-30-53-54-31-27-49(39-60(54)66(59(53)38-48)40-51-25-24-50(35-52(51)41-66)61-13-9-10-34-67-61)45-22-18-43(19-23-45)47-29-33-65-58(37-47)56-12-6-8-15-63(56)69(65)4-2;1-2-6-10(7-3-1)11-8-4-5-9-12-11;/h5-23,25-39H,3-4,40-41H2,1-2H3;1-6,8-9H;/q2*-1;. The van der Waals surface area contributed by atoms with Crippen molar-refractivity contribution in [3.05, 3.63) is 289 Å². The fourth-order valence-electron chi connectivity index (χ4n) is 13.4. The van der Waals surface area contributed by atoms with Crippen LogP contribution in [0.15, 0.2) is 255 Å². The van der Waals surface area contributed by atoms with E-state index in [4.69, 9.17) is 4.98 Å². The number of nitrogens with zero attached hydrogens (tertiary/aromatic N) is 4. The first-order chi connectivity index (χ1) is 40.0. The molecule has 5 heteroatoms. The van der Waals surface area contributed by atoms with Crippen molar-refractivity contribution in [1.82, 2.24) is 19.1 Å². The Hall–Kier alpha value is -9.25. The van der Waals surface area contributed by atoms with Gasteiger partial charge >= 0.3 is 0 Å². The molecule has 4 heterocycles. The van der Waals surface area contributed by atoms with Crippen LogP contribution in [0.5, 0.6) is 0 Å². The Bertz CT molecular complexity index is 4440. The molecular weight excluding hydrogens is 1170 g/mol. The molecule has 0 atom stereocenters. The second-order valence-electron chi connectivity index (χ2n) is 21.7. The van der Waals surface area contributed by atoms with E-state index in [1.165, 1.54) is 122 Å². The molecule has 2 aliphatic carbocycles. The van der Waals surface area contributed by atoms with Gasteiger partial charge in [-0.3, -0.25) is 0 Å². The van der Waals surface area contributed by atoms with Gasteiger partial charge in [-0.15, -0.1) is 70.8 Å². The molecule has 1 spiro atoms. The first-order valence-electron chi connectivity index (χ1n) is 28.4.